The number of aliphatic carboxylic acids is 1. The molecule has 5 aliphatic rings. The van der Waals surface area contributed by atoms with E-state index in [0.29, 0.717) is 19.4 Å². The van der Waals surface area contributed by atoms with E-state index in [2.05, 4.69) is 0 Å². The summed E-state index contributed by atoms with van der Waals surface area (Å²) in [6.45, 7) is 0.714. The quantitative estimate of drug-likeness (QED) is 0.786. The molecule has 1 N–H and O–H groups in total. The van der Waals surface area contributed by atoms with Crippen LogP contribution in [0, 0.1) is 11.8 Å². The molecule has 0 aliphatic carbocycles. The molecule has 3 saturated heterocycles. The fraction of sp³-hybridized carbons (Fsp3) is 0.476. The number of carbonyl (C=O) groups excluding carboxylic acids is 2. The first kappa shape index (κ1) is 16.3. The number of carboxylic acids is 1. The zero-order chi connectivity index (χ0) is 19.2. The van der Waals surface area contributed by atoms with Crippen molar-refractivity contribution in [2.45, 2.75) is 43.1 Å². The van der Waals surface area contributed by atoms with Gasteiger partial charge in [-0.3, -0.25) is 14.4 Å². The summed E-state index contributed by atoms with van der Waals surface area (Å²) in [6.07, 6.45) is 5.10. The average molecular weight is 380 g/mol. The number of amides is 2. The molecule has 0 aromatic heterocycles. The first-order chi connectivity index (χ1) is 13.5. The zero-order valence-corrected chi connectivity index (χ0v) is 15.2. The summed E-state index contributed by atoms with van der Waals surface area (Å²) in [6, 6.07) is 7.26. The van der Waals surface area contributed by atoms with Crippen molar-refractivity contribution in [1.82, 2.24) is 4.90 Å². The smallest absolute Gasteiger partial charge is 0.310 e. The number of carboxylic acid groups (broad SMARTS) is 1. The summed E-state index contributed by atoms with van der Waals surface area (Å²) in [4.78, 5) is 41.5. The number of anilines is 1. The Morgan fingerprint density at radius 3 is 2.82 bits per heavy atom. The summed E-state index contributed by atoms with van der Waals surface area (Å²) in [5.41, 5.74) is 0.824. The molecule has 6 rings (SSSR count). The largest absolute Gasteiger partial charge is 0.481 e. The molecule has 2 bridgehead atoms. The van der Waals surface area contributed by atoms with Gasteiger partial charge in [0.15, 0.2) is 0 Å². The first-order valence-electron chi connectivity index (χ1n) is 9.84. The maximum atomic E-state index is 13.4. The Morgan fingerprint density at radius 1 is 1.25 bits per heavy atom. The van der Waals surface area contributed by atoms with Crippen molar-refractivity contribution in [3.63, 3.8) is 0 Å². The predicted octanol–water partition coefficient (Wildman–Crippen LogP) is 1.49. The number of benzene rings is 1. The number of ether oxygens (including phenoxy) is 1. The number of likely N-dealkylation sites (tertiary alicyclic amines) is 1. The third kappa shape index (κ3) is 1.76. The molecule has 6 atom stereocenters. The minimum Gasteiger partial charge on any atom is -0.481 e. The monoisotopic (exact) mass is 380 g/mol. The molecular formula is C21H20N2O5. The van der Waals surface area contributed by atoms with Gasteiger partial charge in [0, 0.05) is 18.7 Å². The van der Waals surface area contributed by atoms with Crippen molar-refractivity contribution < 1.29 is 24.2 Å². The maximum absolute atomic E-state index is 13.4. The van der Waals surface area contributed by atoms with Crippen LogP contribution in [0.3, 0.4) is 0 Å². The van der Waals surface area contributed by atoms with Gasteiger partial charge in [-0.15, -0.1) is 0 Å². The van der Waals surface area contributed by atoms with Gasteiger partial charge >= 0.3 is 5.97 Å². The van der Waals surface area contributed by atoms with Crippen LogP contribution >= 0.6 is 0 Å². The number of nitrogens with zero attached hydrogens (tertiary/aromatic N) is 2. The maximum Gasteiger partial charge on any atom is 0.310 e. The molecular weight excluding hydrogens is 360 g/mol. The molecule has 3 fully saturated rings. The summed E-state index contributed by atoms with van der Waals surface area (Å²) in [5, 5.41) is 9.75. The number of carbonyl (C=O) groups is 3. The van der Waals surface area contributed by atoms with E-state index in [9.17, 15) is 19.5 Å². The number of fused-ring (bicyclic) bond motifs is 4. The summed E-state index contributed by atoms with van der Waals surface area (Å²) in [5.74, 6) is -2.60. The third-order valence-corrected chi connectivity index (χ3v) is 7.19. The fourth-order valence-electron chi connectivity index (χ4n) is 6.13. The van der Waals surface area contributed by atoms with Gasteiger partial charge in [-0.05, 0) is 24.5 Å². The van der Waals surface area contributed by atoms with Crippen molar-refractivity contribution in [1.29, 1.82) is 0 Å². The topological polar surface area (TPSA) is 87.2 Å². The lowest BCUT2D eigenvalue weighted by molar-refractivity contribution is -0.146. The molecule has 7 nitrogen and oxygen atoms in total. The first-order valence-corrected chi connectivity index (χ1v) is 9.84. The number of rotatable bonds is 2. The second-order valence-electron chi connectivity index (χ2n) is 8.36. The number of hydrogen-bond donors (Lipinski definition) is 1. The van der Waals surface area contributed by atoms with Crippen molar-refractivity contribution in [3.8, 4) is 0 Å². The van der Waals surface area contributed by atoms with Gasteiger partial charge in [-0.25, -0.2) is 0 Å². The van der Waals surface area contributed by atoms with Gasteiger partial charge in [-0.2, -0.15) is 0 Å². The summed E-state index contributed by atoms with van der Waals surface area (Å²) in [7, 11) is 0. The summed E-state index contributed by atoms with van der Waals surface area (Å²) < 4.78 is 6.19. The van der Waals surface area contributed by atoms with E-state index in [-0.39, 0.29) is 23.9 Å². The van der Waals surface area contributed by atoms with E-state index in [1.807, 2.05) is 35.2 Å². The lowest BCUT2D eigenvalue weighted by atomic mass is 9.73. The molecule has 7 heteroatoms. The molecule has 144 valence electrons. The van der Waals surface area contributed by atoms with Crippen molar-refractivity contribution in [3.05, 3.63) is 42.0 Å². The van der Waals surface area contributed by atoms with Crippen molar-refractivity contribution >= 4 is 23.5 Å². The Morgan fingerprint density at radius 2 is 2.07 bits per heavy atom. The van der Waals surface area contributed by atoms with E-state index in [0.717, 1.165) is 17.7 Å². The Kier molecular flexibility index (Phi) is 3.04. The minimum absolute atomic E-state index is 0.117. The average Bonchev–Trinajstić information content (AvgIpc) is 3.43. The van der Waals surface area contributed by atoms with Crippen LogP contribution in [0.2, 0.25) is 0 Å². The van der Waals surface area contributed by atoms with Crippen molar-refractivity contribution in [2.24, 2.45) is 11.8 Å². The van der Waals surface area contributed by atoms with E-state index in [4.69, 9.17) is 4.74 Å². The van der Waals surface area contributed by atoms with Crippen molar-refractivity contribution in [2.75, 3.05) is 11.4 Å². The highest BCUT2D eigenvalue weighted by atomic mass is 16.5. The molecule has 5 aliphatic heterocycles. The van der Waals surface area contributed by atoms with Crippen LogP contribution < -0.4 is 4.90 Å². The molecule has 1 aromatic carbocycles. The van der Waals surface area contributed by atoms with Gasteiger partial charge in [0.2, 0.25) is 11.8 Å². The van der Waals surface area contributed by atoms with E-state index in [1.54, 1.807) is 11.0 Å². The molecule has 0 saturated carbocycles. The Bertz CT molecular complexity index is 958. The van der Waals surface area contributed by atoms with Crippen LogP contribution in [0.15, 0.2) is 36.4 Å². The van der Waals surface area contributed by atoms with E-state index < -0.39 is 29.5 Å². The zero-order valence-electron chi connectivity index (χ0n) is 15.2. The Labute approximate surface area is 161 Å². The number of para-hydroxylation sites is 1. The fourth-order valence-corrected chi connectivity index (χ4v) is 6.13. The van der Waals surface area contributed by atoms with Gasteiger partial charge < -0.3 is 19.6 Å². The van der Waals surface area contributed by atoms with Gasteiger partial charge in [0.25, 0.3) is 0 Å². The van der Waals surface area contributed by atoms with E-state index in [1.165, 1.54) is 0 Å². The molecule has 28 heavy (non-hydrogen) atoms. The molecule has 1 aromatic rings. The van der Waals surface area contributed by atoms with Crippen LogP contribution in [0.4, 0.5) is 5.69 Å². The lowest BCUT2D eigenvalue weighted by Crippen LogP contribution is -2.50. The van der Waals surface area contributed by atoms with Gasteiger partial charge in [0.1, 0.15) is 11.5 Å². The van der Waals surface area contributed by atoms with Crippen LogP contribution in [0.25, 0.3) is 0 Å². The lowest BCUT2D eigenvalue weighted by Gasteiger charge is -2.43. The predicted molar refractivity (Wildman–Crippen MR) is 97.4 cm³/mol. The minimum atomic E-state index is -0.992. The normalized spacial score (nSPS) is 40.1. The molecule has 2 amide bonds. The Balaban J connectivity index is 1.51. The van der Waals surface area contributed by atoms with E-state index >= 15 is 0 Å². The Hall–Kier alpha value is -2.67. The van der Waals surface area contributed by atoms with Crippen LogP contribution in [0.1, 0.15) is 30.9 Å². The van der Waals surface area contributed by atoms with Crippen LogP contribution in [-0.4, -0.2) is 52.1 Å². The number of hydrogen-bond acceptors (Lipinski definition) is 4. The van der Waals surface area contributed by atoms with Gasteiger partial charge in [0.05, 0.1) is 24.1 Å². The molecule has 1 spiro atoms. The molecule has 0 unspecified atom stereocenters. The highest BCUT2D eigenvalue weighted by molar-refractivity contribution is 6.04. The highest BCUT2D eigenvalue weighted by Gasteiger charge is 2.72. The van der Waals surface area contributed by atoms with Crippen LogP contribution in [0.5, 0.6) is 0 Å². The molecule has 5 heterocycles. The second kappa shape index (κ2) is 5.23. The summed E-state index contributed by atoms with van der Waals surface area (Å²) >= 11 is 0. The second-order valence-corrected chi connectivity index (χ2v) is 8.36. The standard InChI is InChI=1S/C21H20N2O5/c24-16-6-3-9-22(16)13-10-15-21-8-7-14(28-21)17(20(26)27)18(21)19(25)23(15)12-5-2-1-4-11(12)13/h1-2,4-5,7-8,13-15,17-18H,3,6,9-10H2,(H,26,27)/t13-,14-,15-,17-,18+,21-/m0/s1. The third-order valence-electron chi connectivity index (χ3n) is 7.19. The highest BCUT2D eigenvalue weighted by Crippen LogP contribution is 2.59. The van der Waals surface area contributed by atoms with Crippen LogP contribution in [-0.2, 0) is 19.1 Å². The molecule has 0 radical (unpaired) electrons. The van der Waals surface area contributed by atoms with Gasteiger partial charge in [-0.1, -0.05) is 30.4 Å². The SMILES string of the molecule is O=C(O)[C@H]1[C@@H]2C=C[C@]3(O2)[C@@H]2C[C@H](N4CCCC4=O)c4ccccc4N2C(=O)[C@@H]13.